The SMILES string of the molecule is CCCn1c(SCC(=O)Nc2ccccc2C(C)(C)C)nnc1-c1cccc(C)c1. The largest absolute Gasteiger partial charge is 0.325 e. The van der Waals surface area contributed by atoms with E-state index in [9.17, 15) is 4.79 Å². The van der Waals surface area contributed by atoms with Gasteiger partial charge in [0.2, 0.25) is 5.91 Å². The highest BCUT2D eigenvalue weighted by atomic mass is 32.2. The summed E-state index contributed by atoms with van der Waals surface area (Å²) in [7, 11) is 0. The number of para-hydroxylation sites is 1. The average Bonchev–Trinajstić information content (AvgIpc) is 3.09. The third kappa shape index (κ3) is 5.30. The van der Waals surface area contributed by atoms with Crippen LogP contribution in [0.2, 0.25) is 0 Å². The number of hydrogen-bond acceptors (Lipinski definition) is 4. The Labute approximate surface area is 183 Å². The smallest absolute Gasteiger partial charge is 0.234 e. The van der Waals surface area contributed by atoms with E-state index in [0.29, 0.717) is 0 Å². The molecule has 0 atom stereocenters. The van der Waals surface area contributed by atoms with Crippen LogP contribution < -0.4 is 5.32 Å². The van der Waals surface area contributed by atoms with E-state index in [1.807, 2.05) is 30.3 Å². The Morgan fingerprint density at radius 1 is 1.10 bits per heavy atom. The summed E-state index contributed by atoms with van der Waals surface area (Å²) in [5.41, 5.74) is 4.18. The first-order valence-corrected chi connectivity index (χ1v) is 11.3. The molecule has 1 aromatic heterocycles. The van der Waals surface area contributed by atoms with Crippen molar-refractivity contribution in [2.24, 2.45) is 0 Å². The van der Waals surface area contributed by atoms with Crippen molar-refractivity contribution in [1.82, 2.24) is 14.8 Å². The van der Waals surface area contributed by atoms with Gasteiger partial charge in [0, 0.05) is 17.8 Å². The quantitative estimate of drug-likeness (QED) is 0.497. The van der Waals surface area contributed by atoms with E-state index in [4.69, 9.17) is 0 Å². The van der Waals surface area contributed by atoms with E-state index in [1.54, 1.807) is 0 Å². The number of amides is 1. The number of nitrogens with one attached hydrogen (secondary N) is 1. The molecule has 2 aromatic carbocycles. The van der Waals surface area contributed by atoms with Crippen LogP contribution in [0.4, 0.5) is 5.69 Å². The van der Waals surface area contributed by atoms with Crippen molar-refractivity contribution in [3.8, 4) is 11.4 Å². The Balaban J connectivity index is 1.74. The zero-order valence-electron chi connectivity index (χ0n) is 18.4. The fourth-order valence-electron chi connectivity index (χ4n) is 3.38. The molecule has 3 aromatic rings. The summed E-state index contributed by atoms with van der Waals surface area (Å²) >= 11 is 1.42. The molecule has 0 saturated carbocycles. The van der Waals surface area contributed by atoms with Gasteiger partial charge in [0.25, 0.3) is 0 Å². The number of anilines is 1. The van der Waals surface area contributed by atoms with Gasteiger partial charge in [-0.3, -0.25) is 4.79 Å². The number of thioether (sulfide) groups is 1. The summed E-state index contributed by atoms with van der Waals surface area (Å²) in [5.74, 6) is 1.09. The topological polar surface area (TPSA) is 59.8 Å². The van der Waals surface area contributed by atoms with Crippen LogP contribution in [0.3, 0.4) is 0 Å². The molecule has 0 spiro atoms. The first-order chi connectivity index (χ1) is 14.3. The molecule has 0 bridgehead atoms. The highest BCUT2D eigenvalue weighted by Crippen LogP contribution is 2.30. The molecule has 1 N–H and O–H groups in total. The minimum Gasteiger partial charge on any atom is -0.325 e. The highest BCUT2D eigenvalue weighted by Gasteiger charge is 2.19. The predicted octanol–water partition coefficient (Wildman–Crippen LogP) is 5.69. The summed E-state index contributed by atoms with van der Waals surface area (Å²) in [5, 5.41) is 12.6. The lowest BCUT2D eigenvalue weighted by molar-refractivity contribution is -0.113. The van der Waals surface area contributed by atoms with Crippen LogP contribution >= 0.6 is 11.8 Å². The molecule has 5 nitrogen and oxygen atoms in total. The molecular weight excluding hydrogens is 392 g/mol. The van der Waals surface area contributed by atoms with Crippen molar-refractivity contribution in [2.75, 3.05) is 11.1 Å². The fraction of sp³-hybridized carbons (Fsp3) is 0.375. The standard InChI is InChI=1S/C24H30N4OS/c1-6-14-28-22(18-11-9-10-17(2)15-18)26-27-23(28)30-16-21(29)25-20-13-8-7-12-19(20)24(3,4)5/h7-13,15H,6,14,16H2,1-5H3,(H,25,29). The lowest BCUT2D eigenvalue weighted by Crippen LogP contribution is -2.20. The zero-order valence-corrected chi connectivity index (χ0v) is 19.2. The highest BCUT2D eigenvalue weighted by molar-refractivity contribution is 7.99. The van der Waals surface area contributed by atoms with Crippen LogP contribution in [-0.2, 0) is 16.8 Å². The molecule has 0 aliphatic heterocycles. The fourth-order valence-corrected chi connectivity index (χ4v) is 4.15. The van der Waals surface area contributed by atoms with Crippen LogP contribution in [0.5, 0.6) is 0 Å². The van der Waals surface area contributed by atoms with E-state index in [0.717, 1.165) is 40.8 Å². The molecule has 0 aliphatic carbocycles. The minimum atomic E-state index is -0.0418. The number of benzene rings is 2. The van der Waals surface area contributed by atoms with Crippen LogP contribution in [0.1, 0.15) is 45.2 Å². The second kappa shape index (κ2) is 9.47. The molecular formula is C24H30N4OS. The second-order valence-corrected chi connectivity index (χ2v) is 9.40. The molecule has 158 valence electrons. The molecule has 0 aliphatic rings. The van der Waals surface area contributed by atoms with Gasteiger partial charge in [0.05, 0.1) is 5.75 Å². The van der Waals surface area contributed by atoms with Crippen molar-refractivity contribution >= 4 is 23.4 Å². The minimum absolute atomic E-state index is 0.0406. The second-order valence-electron chi connectivity index (χ2n) is 8.46. The lowest BCUT2D eigenvalue weighted by Gasteiger charge is -2.23. The van der Waals surface area contributed by atoms with Gasteiger partial charge >= 0.3 is 0 Å². The number of nitrogens with zero attached hydrogens (tertiary/aromatic N) is 3. The summed E-state index contributed by atoms with van der Waals surface area (Å²) in [6, 6.07) is 16.2. The van der Waals surface area contributed by atoms with E-state index in [1.165, 1.54) is 17.3 Å². The molecule has 0 fully saturated rings. The molecule has 3 rings (SSSR count). The van der Waals surface area contributed by atoms with Gasteiger partial charge in [0.1, 0.15) is 0 Å². The Morgan fingerprint density at radius 2 is 1.87 bits per heavy atom. The van der Waals surface area contributed by atoms with Crippen LogP contribution in [0.15, 0.2) is 53.7 Å². The van der Waals surface area contributed by atoms with Gasteiger partial charge in [-0.15, -0.1) is 10.2 Å². The van der Waals surface area contributed by atoms with Crippen molar-refractivity contribution in [1.29, 1.82) is 0 Å². The number of hydrogen-bond donors (Lipinski definition) is 1. The van der Waals surface area contributed by atoms with Crippen LogP contribution in [0.25, 0.3) is 11.4 Å². The molecule has 0 saturated heterocycles. The average molecular weight is 423 g/mol. The summed E-state index contributed by atoms with van der Waals surface area (Å²) in [6.45, 7) is 11.4. The molecule has 6 heteroatoms. The van der Waals surface area contributed by atoms with Gasteiger partial charge in [0.15, 0.2) is 11.0 Å². The molecule has 1 amide bonds. The van der Waals surface area contributed by atoms with Gasteiger partial charge < -0.3 is 9.88 Å². The Bertz CT molecular complexity index is 1020. The molecule has 30 heavy (non-hydrogen) atoms. The van der Waals surface area contributed by atoms with Gasteiger partial charge in [-0.1, -0.05) is 81.4 Å². The zero-order chi connectivity index (χ0) is 21.7. The van der Waals surface area contributed by atoms with Gasteiger partial charge in [-0.2, -0.15) is 0 Å². The van der Waals surface area contributed by atoms with Gasteiger partial charge in [-0.05, 0) is 36.5 Å². The summed E-state index contributed by atoms with van der Waals surface area (Å²) < 4.78 is 2.11. The van der Waals surface area contributed by atoms with Crippen molar-refractivity contribution < 1.29 is 4.79 Å². The normalized spacial score (nSPS) is 11.5. The number of carbonyl (C=O) groups excluding carboxylic acids is 1. The van der Waals surface area contributed by atoms with Gasteiger partial charge in [-0.25, -0.2) is 0 Å². The molecule has 0 radical (unpaired) electrons. The maximum atomic E-state index is 12.7. The van der Waals surface area contributed by atoms with E-state index >= 15 is 0 Å². The number of rotatable bonds is 7. The van der Waals surface area contributed by atoms with Crippen molar-refractivity contribution in [3.63, 3.8) is 0 Å². The third-order valence-corrected chi connectivity index (χ3v) is 5.75. The van der Waals surface area contributed by atoms with Crippen LogP contribution in [-0.4, -0.2) is 26.4 Å². The first kappa shape index (κ1) is 22.1. The summed E-state index contributed by atoms with van der Waals surface area (Å²) in [6.07, 6.45) is 0.968. The van der Waals surface area contributed by atoms with E-state index in [-0.39, 0.29) is 17.1 Å². The molecule has 0 unspecified atom stereocenters. The Hall–Kier alpha value is -2.60. The number of aryl methyl sites for hydroxylation is 1. The van der Waals surface area contributed by atoms with Crippen LogP contribution in [0, 0.1) is 6.92 Å². The maximum absolute atomic E-state index is 12.7. The predicted molar refractivity (Wildman–Crippen MR) is 125 cm³/mol. The van der Waals surface area contributed by atoms with E-state index in [2.05, 4.69) is 72.9 Å². The monoisotopic (exact) mass is 422 g/mol. The molecule has 1 heterocycles. The lowest BCUT2D eigenvalue weighted by atomic mass is 9.86. The van der Waals surface area contributed by atoms with Crippen molar-refractivity contribution in [3.05, 3.63) is 59.7 Å². The maximum Gasteiger partial charge on any atom is 0.234 e. The third-order valence-electron chi connectivity index (χ3n) is 4.78. The number of aromatic nitrogens is 3. The van der Waals surface area contributed by atoms with E-state index < -0.39 is 0 Å². The number of carbonyl (C=O) groups is 1. The van der Waals surface area contributed by atoms with Crippen molar-refractivity contribution in [2.45, 2.75) is 58.2 Å². The first-order valence-electron chi connectivity index (χ1n) is 10.3. The Morgan fingerprint density at radius 3 is 2.57 bits per heavy atom. The Kier molecular flexibility index (Phi) is 6.98. The summed E-state index contributed by atoms with van der Waals surface area (Å²) in [4.78, 5) is 12.7.